The lowest BCUT2D eigenvalue weighted by Crippen LogP contribution is -2.62. The molecule has 4 aromatic rings. The number of ether oxygens (including phenoxy) is 3. The van der Waals surface area contributed by atoms with Crippen LogP contribution in [0.4, 0.5) is 14.6 Å². The fourth-order valence-corrected chi connectivity index (χ4v) is 8.83. The van der Waals surface area contributed by atoms with E-state index >= 15 is 8.78 Å². The van der Waals surface area contributed by atoms with Gasteiger partial charge in [-0.3, -0.25) is 9.88 Å². The van der Waals surface area contributed by atoms with Gasteiger partial charge in [0.25, 0.3) is 0 Å². The monoisotopic (exact) mass is 644 g/mol. The molecule has 0 radical (unpaired) electrons. The number of aromatic hydroxyl groups is 1. The third kappa shape index (κ3) is 4.99. The number of nitrogens with one attached hydrogen (secondary N) is 1. The summed E-state index contributed by atoms with van der Waals surface area (Å²) in [5, 5.41) is 15.4. The molecule has 7 bridgehead atoms. The highest BCUT2D eigenvalue weighted by molar-refractivity contribution is 6.00. The van der Waals surface area contributed by atoms with Gasteiger partial charge < -0.3 is 29.5 Å². The summed E-state index contributed by atoms with van der Waals surface area (Å²) in [5.41, 5.74) is -0.349. The molecule has 4 atom stereocenters. The zero-order valence-corrected chi connectivity index (χ0v) is 26.2. The van der Waals surface area contributed by atoms with Crippen LogP contribution in [-0.4, -0.2) is 101 Å². The van der Waals surface area contributed by atoms with Crippen LogP contribution in [0.2, 0.25) is 0 Å². The van der Waals surface area contributed by atoms with Gasteiger partial charge in [-0.1, -0.05) is 12.1 Å². The molecular formula is C35H38F2N6O4. The molecule has 2 aromatic carbocycles. The fraction of sp³-hybridized carbons (Fsp3) is 0.514. The molecule has 2 spiro atoms. The molecule has 4 fully saturated rings. The van der Waals surface area contributed by atoms with Crippen LogP contribution >= 0.6 is 0 Å². The number of phenols is 1. The molecule has 0 saturated carbocycles. The van der Waals surface area contributed by atoms with Gasteiger partial charge >= 0.3 is 6.01 Å². The summed E-state index contributed by atoms with van der Waals surface area (Å²) in [5.74, 6) is -0.800. The molecule has 10 nitrogen and oxygen atoms in total. The van der Waals surface area contributed by atoms with Crippen molar-refractivity contribution in [1.29, 1.82) is 0 Å². The van der Waals surface area contributed by atoms with Crippen molar-refractivity contribution in [3.63, 3.8) is 0 Å². The predicted molar refractivity (Wildman–Crippen MR) is 172 cm³/mol. The summed E-state index contributed by atoms with van der Waals surface area (Å²) in [6, 6.07) is 7.68. The van der Waals surface area contributed by atoms with Crippen LogP contribution < -0.4 is 15.0 Å². The number of pyridine rings is 1. The zero-order valence-electron chi connectivity index (χ0n) is 26.2. The number of phenolic OH excluding ortho intramolecular Hbond substituents is 1. The van der Waals surface area contributed by atoms with Gasteiger partial charge in [-0.2, -0.15) is 9.97 Å². The van der Waals surface area contributed by atoms with E-state index in [1.54, 1.807) is 18.3 Å². The Morgan fingerprint density at radius 3 is 2.91 bits per heavy atom. The average Bonchev–Trinajstić information content (AvgIpc) is 3.70. The normalized spacial score (nSPS) is 29.6. The van der Waals surface area contributed by atoms with Gasteiger partial charge in [0.1, 0.15) is 35.2 Å². The van der Waals surface area contributed by atoms with Gasteiger partial charge in [0.2, 0.25) is 0 Å². The summed E-state index contributed by atoms with van der Waals surface area (Å²) < 4.78 is 51.0. The van der Waals surface area contributed by atoms with Gasteiger partial charge in [0.05, 0.1) is 29.2 Å². The first kappa shape index (κ1) is 29.4. The molecule has 0 aliphatic carbocycles. The molecule has 9 rings (SSSR count). The van der Waals surface area contributed by atoms with Crippen molar-refractivity contribution in [2.45, 2.75) is 61.7 Å². The molecule has 0 unspecified atom stereocenters. The van der Waals surface area contributed by atoms with Gasteiger partial charge in [-0.05, 0) is 68.7 Å². The van der Waals surface area contributed by atoms with Crippen molar-refractivity contribution >= 4 is 27.5 Å². The highest BCUT2D eigenvalue weighted by Gasteiger charge is 2.50. The SMILES string of the molecule is Oc1cc(-c2ncc3c4nc(nc3c2F)OC[C@]23CCCN2C[C@@H](C3)OCCCOC[C@]23CC[C@H](CN4C2)N3)c2c(F)cccc2c1. The van der Waals surface area contributed by atoms with Crippen LogP contribution in [-0.2, 0) is 9.47 Å². The lowest BCUT2D eigenvalue weighted by molar-refractivity contribution is 0.0239. The maximum absolute atomic E-state index is 16.9. The standard InChI is InChI=1S/C35H38F2N6O4/c36-27-5-1-4-21-12-23(44)13-25(28(21)27)30-29(37)31-26(15-38-30)32-40-33(39-31)47-20-35-7-2-9-43(35)17-24(14-35)46-11-3-10-45-19-34-8-6-22(41-34)16-42(32)18-34/h1,4-5,12-13,15,22,24,41,44H,2-3,6-11,14,16-20H2/t22-,24-,34+,35-/m1/s1. The van der Waals surface area contributed by atoms with E-state index in [9.17, 15) is 5.11 Å². The number of nitrogens with zero attached hydrogens (tertiary/aromatic N) is 5. The van der Waals surface area contributed by atoms with E-state index < -0.39 is 11.6 Å². The van der Waals surface area contributed by atoms with Crippen LogP contribution in [0.25, 0.3) is 32.9 Å². The van der Waals surface area contributed by atoms with Gasteiger partial charge in [0.15, 0.2) is 5.82 Å². The number of anilines is 1. The summed E-state index contributed by atoms with van der Waals surface area (Å²) >= 11 is 0. The van der Waals surface area contributed by atoms with E-state index in [4.69, 9.17) is 19.2 Å². The second kappa shape index (κ2) is 11.2. The summed E-state index contributed by atoms with van der Waals surface area (Å²) in [7, 11) is 0. The van der Waals surface area contributed by atoms with E-state index in [0.717, 1.165) is 51.6 Å². The quantitative estimate of drug-likeness (QED) is 0.307. The maximum Gasteiger partial charge on any atom is 0.319 e. The Labute approximate surface area is 271 Å². The molecule has 47 heavy (non-hydrogen) atoms. The van der Waals surface area contributed by atoms with Crippen LogP contribution in [0.1, 0.15) is 38.5 Å². The number of halogens is 2. The Bertz CT molecular complexity index is 1880. The van der Waals surface area contributed by atoms with E-state index in [0.29, 0.717) is 56.1 Å². The molecule has 7 heterocycles. The number of fused-ring (bicyclic) bond motifs is 9. The first-order valence-corrected chi connectivity index (χ1v) is 16.8. The molecule has 5 aliphatic heterocycles. The molecule has 4 saturated heterocycles. The van der Waals surface area contributed by atoms with Gasteiger partial charge in [0, 0.05) is 56.0 Å². The van der Waals surface area contributed by atoms with E-state index in [1.807, 2.05) is 0 Å². The fourth-order valence-electron chi connectivity index (χ4n) is 8.83. The first-order valence-electron chi connectivity index (χ1n) is 16.8. The molecular weight excluding hydrogens is 606 g/mol. The van der Waals surface area contributed by atoms with E-state index in [-0.39, 0.29) is 57.1 Å². The Balaban J connectivity index is 1.19. The molecule has 2 N–H and O–H groups in total. The van der Waals surface area contributed by atoms with Gasteiger partial charge in [-0.15, -0.1) is 0 Å². The zero-order chi connectivity index (χ0) is 31.8. The third-order valence-corrected chi connectivity index (χ3v) is 10.9. The smallest absolute Gasteiger partial charge is 0.319 e. The van der Waals surface area contributed by atoms with E-state index in [2.05, 4.69) is 25.1 Å². The second-order valence-electron chi connectivity index (χ2n) is 14.1. The number of piperazine rings is 1. The number of benzene rings is 2. The number of rotatable bonds is 1. The topological polar surface area (TPSA) is 105 Å². The van der Waals surface area contributed by atoms with Crippen LogP contribution in [0, 0.1) is 11.6 Å². The summed E-state index contributed by atoms with van der Waals surface area (Å²) in [6.45, 7) is 5.36. The van der Waals surface area contributed by atoms with Crippen LogP contribution in [0.15, 0.2) is 36.5 Å². The van der Waals surface area contributed by atoms with Crippen molar-refractivity contribution in [3.8, 4) is 23.0 Å². The van der Waals surface area contributed by atoms with E-state index in [1.165, 1.54) is 18.2 Å². The summed E-state index contributed by atoms with van der Waals surface area (Å²) in [4.78, 5) is 18.8. The molecule has 2 aromatic heterocycles. The molecule has 5 aliphatic rings. The molecule has 12 heteroatoms. The number of hydrogen-bond acceptors (Lipinski definition) is 10. The minimum atomic E-state index is -0.719. The van der Waals surface area contributed by atoms with Crippen molar-refractivity contribution < 1.29 is 28.1 Å². The largest absolute Gasteiger partial charge is 0.508 e. The third-order valence-electron chi connectivity index (χ3n) is 10.9. The van der Waals surface area contributed by atoms with Crippen molar-refractivity contribution in [1.82, 2.24) is 25.2 Å². The number of aromatic nitrogens is 3. The second-order valence-corrected chi connectivity index (χ2v) is 14.1. The Morgan fingerprint density at radius 1 is 1.04 bits per heavy atom. The lowest BCUT2D eigenvalue weighted by atomic mass is 9.94. The first-order chi connectivity index (χ1) is 22.9. The highest BCUT2D eigenvalue weighted by Crippen LogP contribution is 2.42. The Hall–Kier alpha value is -3.71. The molecule has 0 amide bonds. The Morgan fingerprint density at radius 2 is 1.98 bits per heavy atom. The van der Waals surface area contributed by atoms with Crippen LogP contribution in [0.5, 0.6) is 11.8 Å². The highest BCUT2D eigenvalue weighted by atomic mass is 19.1. The molecule has 246 valence electrons. The number of hydrogen-bond donors (Lipinski definition) is 2. The average molecular weight is 645 g/mol. The predicted octanol–water partition coefficient (Wildman–Crippen LogP) is 4.56. The van der Waals surface area contributed by atoms with Crippen molar-refractivity contribution in [2.24, 2.45) is 0 Å². The van der Waals surface area contributed by atoms with Crippen LogP contribution in [0.3, 0.4) is 0 Å². The summed E-state index contributed by atoms with van der Waals surface area (Å²) in [6.07, 6.45) is 7.40. The van der Waals surface area contributed by atoms with Crippen molar-refractivity contribution in [2.75, 3.05) is 57.5 Å². The maximum atomic E-state index is 16.9. The lowest BCUT2D eigenvalue weighted by Gasteiger charge is -2.42. The Kier molecular flexibility index (Phi) is 7.00. The minimum Gasteiger partial charge on any atom is -0.508 e. The van der Waals surface area contributed by atoms with Crippen molar-refractivity contribution in [3.05, 3.63) is 48.2 Å². The van der Waals surface area contributed by atoms with Gasteiger partial charge in [-0.25, -0.2) is 8.78 Å². The minimum absolute atomic E-state index is 0.0466.